The Hall–Kier alpha value is 0.340. The molecule has 0 aromatic heterocycles. The maximum atomic E-state index is 10.1. The van der Waals surface area contributed by atoms with Gasteiger partial charge in [-0.05, 0) is 84.6 Å². The van der Waals surface area contributed by atoms with Gasteiger partial charge in [0.25, 0.3) is 15.6 Å². The van der Waals surface area contributed by atoms with Crippen LogP contribution in [0.3, 0.4) is 0 Å². The largest absolute Gasteiger partial charge is 0.766 e. The lowest BCUT2D eigenvalue weighted by Gasteiger charge is -2.17. The monoisotopic (exact) mass is 966 g/mol. The van der Waals surface area contributed by atoms with Gasteiger partial charge in [-0.25, -0.2) is 0 Å². The standard InChI is InChI=1S/4C2H8NO3P.8CH5N.2CH5O4P/c4*1-3-7(4,5)6-2;8*1-2;2*1-5-6(2,3)4/h4*1-2H3,(H2,3,4,5);8*2H2,1H3;2*1H3,(H2,2,3,4)/p-6. The van der Waals surface area contributed by atoms with Gasteiger partial charge in [-0.15, -0.1) is 0 Å². The van der Waals surface area contributed by atoms with Crippen LogP contribution < -0.4 is 95.6 Å². The fraction of sp³-hybridized carbons (Fsp3) is 1.00. The fourth-order valence-electron chi connectivity index (χ4n) is 0.365. The van der Waals surface area contributed by atoms with Crippen LogP contribution in [0.4, 0.5) is 0 Å². The maximum absolute atomic E-state index is 10.1. The first kappa shape index (κ1) is 96.2. The van der Waals surface area contributed by atoms with E-state index in [4.69, 9.17) is 9.79 Å². The molecule has 364 valence electrons. The first-order valence-corrected chi connectivity index (χ1v) is 22.8. The van der Waals surface area contributed by atoms with Gasteiger partial charge in [0.2, 0.25) is 31.0 Å². The Labute approximate surface area is 333 Å². The van der Waals surface area contributed by atoms with E-state index in [-0.39, 0.29) is 0 Å². The van der Waals surface area contributed by atoms with Crippen molar-refractivity contribution in [2.24, 2.45) is 45.9 Å². The van der Waals surface area contributed by atoms with E-state index in [0.29, 0.717) is 0 Å². The Morgan fingerprint density at radius 1 is 0.321 bits per heavy atom. The van der Waals surface area contributed by atoms with Crippen molar-refractivity contribution in [1.82, 2.24) is 20.3 Å². The first-order valence-electron chi connectivity index (χ1n) is 13.6. The SMILES string of the molecule is CN.CN.CN.CN.CN.CN.CN.CN.CNP(=O)([O-])OC.CNP(=O)([O-])OC.CNP(=O)([O-])OC.CNP(=O)([O-])OC.COP(=O)([O-])O.COP(=O)([O-])O. The highest BCUT2D eigenvalue weighted by Gasteiger charge is 1.97. The van der Waals surface area contributed by atoms with Gasteiger partial charge in [0.05, 0.1) is 0 Å². The molecule has 0 aromatic rings. The van der Waals surface area contributed by atoms with Gasteiger partial charge in [0.1, 0.15) is 0 Å². The second-order valence-electron chi connectivity index (χ2n) is 4.92. The summed E-state index contributed by atoms with van der Waals surface area (Å²) < 4.78 is 81.9. The molecule has 0 saturated heterocycles. The summed E-state index contributed by atoms with van der Waals surface area (Å²) >= 11 is 0. The topological polar surface area (TPSA) is 593 Å². The smallest absolute Gasteiger partial charge is 0.264 e. The molecule has 0 bridgehead atoms. The summed E-state index contributed by atoms with van der Waals surface area (Å²) in [6.07, 6.45) is 0. The number of hydrogen-bond donors (Lipinski definition) is 14. The third-order valence-electron chi connectivity index (χ3n) is 2.52. The second-order valence-corrected chi connectivity index (χ2v) is 14.8. The lowest BCUT2D eigenvalue weighted by molar-refractivity contribution is -0.218. The van der Waals surface area contributed by atoms with Crippen molar-refractivity contribution >= 4 is 46.6 Å². The molecule has 0 spiro atoms. The van der Waals surface area contributed by atoms with Crippen LogP contribution in [0.1, 0.15) is 0 Å². The average Bonchev–Trinajstić information content (AvgIpc) is 3.24. The molecule has 38 heteroatoms. The number of phosphoric ester groups is 2. The molecule has 0 aromatic carbocycles. The predicted octanol–water partition coefficient (Wildman–Crippen LogP) is -7.93. The van der Waals surface area contributed by atoms with Gasteiger partial charge in [-0.2, -0.15) is 0 Å². The minimum absolute atomic E-state index is 0.883. The highest BCUT2D eigenvalue weighted by atomic mass is 31.2. The second kappa shape index (κ2) is 76.1. The van der Waals surface area contributed by atoms with Gasteiger partial charge < -0.3 is 112 Å². The van der Waals surface area contributed by atoms with Crippen LogP contribution in [0.2, 0.25) is 0 Å². The third kappa shape index (κ3) is 168. The van der Waals surface area contributed by atoms with Crippen molar-refractivity contribution in [3.63, 3.8) is 0 Å². The number of nitrogens with one attached hydrogen (secondary N) is 4. The predicted molar refractivity (Wildman–Crippen MR) is 209 cm³/mol. The lowest BCUT2D eigenvalue weighted by atomic mass is 11.6. The molecule has 32 nitrogen and oxygen atoms in total. The minimum atomic E-state index is -4.40. The van der Waals surface area contributed by atoms with Crippen molar-refractivity contribution in [2.45, 2.75) is 0 Å². The van der Waals surface area contributed by atoms with E-state index in [0.717, 1.165) is 42.7 Å². The third-order valence-corrected chi connectivity index (χ3v) is 7.55. The van der Waals surface area contributed by atoms with E-state index in [9.17, 15) is 56.8 Å². The lowest BCUT2D eigenvalue weighted by Crippen LogP contribution is -2.15. The van der Waals surface area contributed by atoms with Gasteiger partial charge in [0.15, 0.2) is 0 Å². The average molecular weight is 967 g/mol. The molecule has 6 atom stereocenters. The van der Waals surface area contributed by atoms with E-state index in [1.807, 2.05) is 20.3 Å². The summed E-state index contributed by atoms with van der Waals surface area (Å²) in [5.41, 5.74) is 36.0. The normalized spacial score (nSPS) is 14.5. The number of hydrogen-bond acceptors (Lipinski definition) is 26. The van der Waals surface area contributed by atoms with Crippen LogP contribution in [-0.4, -0.2) is 137 Å². The molecule has 0 amide bonds. The fourth-order valence-corrected chi connectivity index (χ4v) is 1.10. The van der Waals surface area contributed by atoms with Crippen molar-refractivity contribution < 1.29 is 93.7 Å². The van der Waals surface area contributed by atoms with Crippen LogP contribution >= 0.6 is 46.6 Å². The molecule has 0 rings (SSSR count). The molecule has 0 aliphatic carbocycles. The summed E-state index contributed by atoms with van der Waals surface area (Å²) in [6, 6.07) is 0. The minimum Gasteiger partial charge on any atom is -0.766 e. The molecular weight excluding hydrogens is 890 g/mol. The summed E-state index contributed by atoms with van der Waals surface area (Å²) in [4.78, 5) is 74.2. The molecule has 0 saturated carbocycles. The zero-order valence-electron chi connectivity index (χ0n) is 35.5. The summed E-state index contributed by atoms with van der Waals surface area (Å²) in [6.45, 7) is 0. The van der Waals surface area contributed by atoms with Gasteiger partial charge in [-0.3, -0.25) is 47.7 Å². The Morgan fingerprint density at radius 3 is 0.393 bits per heavy atom. The maximum Gasteiger partial charge on any atom is 0.264 e. The molecule has 0 fully saturated rings. The first-order chi connectivity index (χ1) is 25.6. The highest BCUT2D eigenvalue weighted by molar-refractivity contribution is 7.49. The molecule has 6 unspecified atom stereocenters. The zero-order valence-corrected chi connectivity index (χ0v) is 40.9. The van der Waals surface area contributed by atoms with Crippen LogP contribution in [-0.2, 0) is 54.5 Å². The summed E-state index contributed by atoms with van der Waals surface area (Å²) in [5.74, 6) is 0. The van der Waals surface area contributed by atoms with Crippen molar-refractivity contribution in [2.75, 3.05) is 127 Å². The van der Waals surface area contributed by atoms with E-state index in [1.165, 1.54) is 84.6 Å². The molecule has 0 radical (unpaired) electrons. The van der Waals surface area contributed by atoms with E-state index < -0.39 is 46.6 Å². The summed E-state index contributed by atoms with van der Waals surface area (Å²) in [5, 5.41) is 7.88. The van der Waals surface area contributed by atoms with Crippen molar-refractivity contribution in [1.29, 1.82) is 0 Å². The number of phosphoric acid groups is 2. The van der Waals surface area contributed by atoms with E-state index in [1.54, 1.807) is 0 Å². The van der Waals surface area contributed by atoms with Crippen LogP contribution in [0.5, 0.6) is 0 Å². The molecule has 22 N–H and O–H groups in total. The van der Waals surface area contributed by atoms with Crippen LogP contribution in [0.15, 0.2) is 0 Å². The Balaban J connectivity index is -0.0000000293. The molecule has 0 heterocycles. The Bertz CT molecular complexity index is 765. The van der Waals surface area contributed by atoms with Crippen LogP contribution in [0, 0.1) is 0 Å². The number of rotatable bonds is 10. The highest BCUT2D eigenvalue weighted by Crippen LogP contribution is 2.29. The van der Waals surface area contributed by atoms with Crippen LogP contribution in [0.25, 0.3) is 0 Å². The number of nitrogens with two attached hydrogens (primary N) is 8. The summed E-state index contributed by atoms with van der Waals surface area (Å²) in [7, 11) is -0.0833. The van der Waals surface area contributed by atoms with Crippen molar-refractivity contribution in [3.8, 4) is 0 Å². The zero-order chi connectivity index (χ0) is 50.1. The quantitative estimate of drug-likeness (QED) is 0.0904. The molecule has 56 heavy (non-hydrogen) atoms. The van der Waals surface area contributed by atoms with Gasteiger partial charge in [-0.1, -0.05) is 0 Å². The van der Waals surface area contributed by atoms with E-state index >= 15 is 0 Å². The Kier molecular flexibility index (Phi) is 131. The molecule has 0 aliphatic rings. The van der Waals surface area contributed by atoms with Gasteiger partial charge in [0, 0.05) is 42.7 Å². The molecule has 0 aliphatic heterocycles. The Morgan fingerprint density at radius 2 is 0.393 bits per heavy atom. The van der Waals surface area contributed by atoms with E-state index in [2.05, 4.69) is 73.0 Å². The van der Waals surface area contributed by atoms with Gasteiger partial charge >= 0.3 is 0 Å². The van der Waals surface area contributed by atoms with Crippen molar-refractivity contribution in [3.05, 3.63) is 0 Å². The molecular formula is C18H76N12O20P6-6.